The predicted octanol–water partition coefficient (Wildman–Crippen LogP) is 3.54. The van der Waals surface area contributed by atoms with Gasteiger partial charge in [-0.3, -0.25) is 0 Å². The Hall–Kier alpha value is -0.570. The second-order valence-corrected chi connectivity index (χ2v) is 4.81. The minimum atomic E-state index is 0.312. The summed E-state index contributed by atoms with van der Waals surface area (Å²) in [5, 5.41) is 12.9. The number of nitrogens with one attached hydrogen (secondary N) is 1. The second-order valence-electron chi connectivity index (χ2n) is 4.37. The van der Waals surface area contributed by atoms with Crippen LogP contribution in [0.15, 0.2) is 24.3 Å². The molecule has 0 aliphatic rings. The molecule has 17 heavy (non-hydrogen) atoms. The van der Waals surface area contributed by atoms with Crippen molar-refractivity contribution in [2.45, 2.75) is 38.6 Å². The largest absolute Gasteiger partial charge is 0.396 e. The Bertz CT molecular complexity index is 317. The molecule has 0 amide bonds. The molecule has 0 radical (unpaired) electrons. The first kappa shape index (κ1) is 14.5. The van der Waals surface area contributed by atoms with Crippen LogP contribution in [-0.2, 0) is 0 Å². The average molecular weight is 256 g/mol. The van der Waals surface area contributed by atoms with Crippen molar-refractivity contribution in [3.8, 4) is 0 Å². The molecule has 1 aromatic rings. The highest BCUT2D eigenvalue weighted by Gasteiger charge is 2.04. The SMILES string of the molecule is CC(NCCCCCCO)c1cccc(Cl)c1. The Kier molecular flexibility index (Phi) is 7.25. The van der Waals surface area contributed by atoms with E-state index in [1.807, 2.05) is 18.2 Å². The number of rotatable bonds is 8. The zero-order valence-corrected chi connectivity index (χ0v) is 11.2. The van der Waals surface area contributed by atoms with Crippen LogP contribution in [0.5, 0.6) is 0 Å². The quantitative estimate of drug-likeness (QED) is 0.697. The van der Waals surface area contributed by atoms with Crippen molar-refractivity contribution in [3.05, 3.63) is 34.9 Å². The molecule has 0 fully saturated rings. The van der Waals surface area contributed by atoms with E-state index >= 15 is 0 Å². The number of hydrogen-bond donors (Lipinski definition) is 2. The summed E-state index contributed by atoms with van der Waals surface area (Å²) in [7, 11) is 0. The first-order valence-corrected chi connectivity index (χ1v) is 6.71. The van der Waals surface area contributed by atoms with Crippen LogP contribution in [0.1, 0.15) is 44.2 Å². The summed E-state index contributed by atoms with van der Waals surface area (Å²) < 4.78 is 0. The fraction of sp³-hybridized carbons (Fsp3) is 0.571. The van der Waals surface area contributed by atoms with Crippen molar-refractivity contribution in [1.29, 1.82) is 0 Å². The third kappa shape index (κ3) is 6.06. The Morgan fingerprint density at radius 3 is 2.71 bits per heavy atom. The number of halogens is 1. The topological polar surface area (TPSA) is 32.3 Å². The van der Waals surface area contributed by atoms with E-state index in [2.05, 4.69) is 18.3 Å². The standard InChI is InChI=1S/C14H22ClNO/c1-12(13-7-6-8-14(15)11-13)16-9-4-2-3-5-10-17/h6-8,11-12,16-17H,2-5,9-10H2,1H3. The molecule has 0 aromatic heterocycles. The Labute approximate surface area is 109 Å². The summed E-state index contributed by atoms with van der Waals surface area (Å²) in [4.78, 5) is 0. The van der Waals surface area contributed by atoms with E-state index in [-0.39, 0.29) is 0 Å². The smallest absolute Gasteiger partial charge is 0.0431 e. The second kappa shape index (κ2) is 8.51. The van der Waals surface area contributed by atoms with Crippen LogP contribution in [0.2, 0.25) is 5.02 Å². The molecule has 0 saturated heterocycles. The van der Waals surface area contributed by atoms with Gasteiger partial charge < -0.3 is 10.4 Å². The van der Waals surface area contributed by atoms with Gasteiger partial charge in [0, 0.05) is 17.7 Å². The summed E-state index contributed by atoms with van der Waals surface area (Å²) in [6.45, 7) is 3.48. The lowest BCUT2D eigenvalue weighted by atomic mass is 10.1. The summed E-state index contributed by atoms with van der Waals surface area (Å²) in [6.07, 6.45) is 4.37. The van der Waals surface area contributed by atoms with Crippen LogP contribution in [0.25, 0.3) is 0 Å². The highest BCUT2D eigenvalue weighted by atomic mass is 35.5. The van der Waals surface area contributed by atoms with Crippen LogP contribution < -0.4 is 5.32 Å². The Morgan fingerprint density at radius 2 is 2.00 bits per heavy atom. The molecule has 96 valence electrons. The average Bonchev–Trinajstić information content (AvgIpc) is 2.33. The van der Waals surface area contributed by atoms with Gasteiger partial charge in [0.1, 0.15) is 0 Å². The van der Waals surface area contributed by atoms with E-state index < -0.39 is 0 Å². The van der Waals surface area contributed by atoms with Gasteiger partial charge in [-0.05, 0) is 44.0 Å². The van der Waals surface area contributed by atoms with E-state index in [0.717, 1.165) is 30.8 Å². The third-order valence-corrected chi connectivity index (χ3v) is 3.12. The highest BCUT2D eigenvalue weighted by molar-refractivity contribution is 6.30. The summed E-state index contributed by atoms with van der Waals surface area (Å²) in [6, 6.07) is 8.32. The van der Waals surface area contributed by atoms with Gasteiger partial charge in [0.15, 0.2) is 0 Å². The maximum Gasteiger partial charge on any atom is 0.0431 e. The first-order valence-electron chi connectivity index (χ1n) is 6.33. The monoisotopic (exact) mass is 255 g/mol. The van der Waals surface area contributed by atoms with E-state index in [1.165, 1.54) is 12.0 Å². The van der Waals surface area contributed by atoms with E-state index in [0.29, 0.717) is 12.6 Å². The van der Waals surface area contributed by atoms with Crippen molar-refractivity contribution < 1.29 is 5.11 Å². The molecule has 1 rings (SSSR count). The maximum atomic E-state index is 8.66. The lowest BCUT2D eigenvalue weighted by Gasteiger charge is -2.14. The minimum Gasteiger partial charge on any atom is -0.396 e. The Morgan fingerprint density at radius 1 is 1.24 bits per heavy atom. The molecular formula is C14H22ClNO. The summed E-state index contributed by atoms with van der Waals surface area (Å²) in [5.74, 6) is 0. The third-order valence-electron chi connectivity index (χ3n) is 2.88. The molecule has 1 atom stereocenters. The van der Waals surface area contributed by atoms with Crippen LogP contribution >= 0.6 is 11.6 Å². The van der Waals surface area contributed by atoms with E-state index in [9.17, 15) is 0 Å². The normalized spacial score (nSPS) is 12.6. The van der Waals surface area contributed by atoms with Crippen molar-refractivity contribution >= 4 is 11.6 Å². The van der Waals surface area contributed by atoms with Crippen molar-refractivity contribution in [2.24, 2.45) is 0 Å². The molecule has 2 N–H and O–H groups in total. The number of aliphatic hydroxyl groups is 1. The maximum absolute atomic E-state index is 8.66. The first-order chi connectivity index (χ1) is 8.24. The highest BCUT2D eigenvalue weighted by Crippen LogP contribution is 2.17. The molecular weight excluding hydrogens is 234 g/mol. The summed E-state index contributed by atoms with van der Waals surface area (Å²) >= 11 is 5.96. The van der Waals surface area contributed by atoms with Crippen LogP contribution in [0.3, 0.4) is 0 Å². The fourth-order valence-corrected chi connectivity index (χ4v) is 2.00. The van der Waals surface area contributed by atoms with Gasteiger partial charge in [0.2, 0.25) is 0 Å². The van der Waals surface area contributed by atoms with Gasteiger partial charge in [0.25, 0.3) is 0 Å². The zero-order valence-electron chi connectivity index (χ0n) is 10.5. The fourth-order valence-electron chi connectivity index (χ4n) is 1.80. The lowest BCUT2D eigenvalue weighted by Crippen LogP contribution is -2.19. The van der Waals surface area contributed by atoms with Gasteiger partial charge >= 0.3 is 0 Å². The van der Waals surface area contributed by atoms with Crippen LogP contribution in [0.4, 0.5) is 0 Å². The van der Waals surface area contributed by atoms with Crippen LogP contribution in [-0.4, -0.2) is 18.3 Å². The molecule has 1 unspecified atom stereocenters. The van der Waals surface area contributed by atoms with Gasteiger partial charge in [0.05, 0.1) is 0 Å². The number of hydrogen-bond acceptors (Lipinski definition) is 2. The molecule has 0 saturated carbocycles. The van der Waals surface area contributed by atoms with Gasteiger partial charge in [-0.2, -0.15) is 0 Å². The molecule has 0 spiro atoms. The van der Waals surface area contributed by atoms with Gasteiger partial charge in [-0.1, -0.05) is 36.6 Å². The molecule has 0 heterocycles. The minimum absolute atomic E-state index is 0.312. The number of benzene rings is 1. The zero-order chi connectivity index (χ0) is 12.5. The van der Waals surface area contributed by atoms with E-state index in [4.69, 9.17) is 16.7 Å². The van der Waals surface area contributed by atoms with Gasteiger partial charge in [-0.15, -0.1) is 0 Å². The molecule has 0 aliphatic heterocycles. The molecule has 1 aromatic carbocycles. The lowest BCUT2D eigenvalue weighted by molar-refractivity contribution is 0.282. The Balaban J connectivity index is 2.19. The molecule has 0 aliphatic carbocycles. The number of aliphatic hydroxyl groups excluding tert-OH is 1. The van der Waals surface area contributed by atoms with Crippen LogP contribution in [0, 0.1) is 0 Å². The van der Waals surface area contributed by atoms with Gasteiger partial charge in [-0.25, -0.2) is 0 Å². The predicted molar refractivity (Wildman–Crippen MR) is 73.4 cm³/mol. The van der Waals surface area contributed by atoms with E-state index in [1.54, 1.807) is 0 Å². The summed E-state index contributed by atoms with van der Waals surface area (Å²) in [5.41, 5.74) is 1.23. The molecule has 2 nitrogen and oxygen atoms in total. The molecule has 0 bridgehead atoms. The van der Waals surface area contributed by atoms with Crippen molar-refractivity contribution in [1.82, 2.24) is 5.32 Å². The number of unbranched alkanes of at least 4 members (excludes halogenated alkanes) is 3. The van der Waals surface area contributed by atoms with Crippen molar-refractivity contribution in [3.63, 3.8) is 0 Å². The molecule has 3 heteroatoms. The van der Waals surface area contributed by atoms with Crippen molar-refractivity contribution in [2.75, 3.05) is 13.2 Å².